The molecule has 0 radical (unpaired) electrons. The van der Waals surface area contributed by atoms with Crippen molar-refractivity contribution in [1.29, 1.82) is 0 Å². The van der Waals surface area contributed by atoms with E-state index in [1.165, 1.54) is 5.56 Å². The molecule has 27 heavy (non-hydrogen) atoms. The summed E-state index contributed by atoms with van der Waals surface area (Å²) in [4.78, 5) is 29.4. The molecular formula is C22H31N3O2. The second-order valence-electron chi connectivity index (χ2n) is 7.82. The van der Waals surface area contributed by atoms with Crippen LogP contribution in [0.2, 0.25) is 0 Å². The number of aryl methyl sites for hydroxylation is 1. The molecule has 1 atom stereocenters. The van der Waals surface area contributed by atoms with E-state index in [4.69, 9.17) is 0 Å². The summed E-state index contributed by atoms with van der Waals surface area (Å²) in [6.45, 7) is 5.63. The Balaban J connectivity index is 1.86. The number of nitrogens with zero attached hydrogens (tertiary/aromatic N) is 3. The lowest BCUT2D eigenvalue weighted by Gasteiger charge is -2.23. The first-order valence-corrected chi connectivity index (χ1v) is 9.98. The summed E-state index contributed by atoms with van der Waals surface area (Å²) < 4.78 is 1.99. The van der Waals surface area contributed by atoms with Crippen LogP contribution in [-0.4, -0.2) is 59.3 Å². The molecule has 3 rings (SSSR count). The highest BCUT2D eigenvalue weighted by atomic mass is 16.2. The number of Topliss-reactive ketones (excluding diaryl/α,β-unsaturated/α-hetero) is 1. The molecule has 2 heterocycles. The molecule has 1 aromatic carbocycles. The molecule has 1 amide bonds. The molecule has 2 aromatic rings. The Bertz CT molecular complexity index is 837. The van der Waals surface area contributed by atoms with Crippen molar-refractivity contribution in [2.45, 2.75) is 52.1 Å². The highest BCUT2D eigenvalue weighted by Crippen LogP contribution is 2.26. The maximum absolute atomic E-state index is 13.0. The molecule has 0 N–H and O–H groups in total. The van der Waals surface area contributed by atoms with Crippen molar-refractivity contribution in [2.75, 3.05) is 27.2 Å². The molecule has 1 fully saturated rings. The minimum Gasteiger partial charge on any atom is -0.341 e. The molecule has 1 saturated heterocycles. The first kappa shape index (κ1) is 19.6. The number of hydrogen-bond acceptors (Lipinski definition) is 3. The standard InChI is InChI=1S/C22H31N3O2/c1-5-17-8-6-10-19-20(16(2)26)14-25(22(17)19)15-21(27)24-12-7-9-18(11-13-24)23(3)4/h6,8,10,14,18H,5,7,9,11-13,15H2,1-4H3/t18-/m0/s1. The van der Waals surface area contributed by atoms with Crippen LogP contribution >= 0.6 is 0 Å². The zero-order valence-electron chi connectivity index (χ0n) is 17.0. The number of carbonyl (C=O) groups is 2. The molecule has 0 saturated carbocycles. The monoisotopic (exact) mass is 369 g/mol. The van der Waals surface area contributed by atoms with Gasteiger partial charge in [-0.2, -0.15) is 0 Å². The fourth-order valence-corrected chi connectivity index (χ4v) is 4.22. The molecule has 0 bridgehead atoms. The Hall–Kier alpha value is -2.14. The summed E-state index contributed by atoms with van der Waals surface area (Å²) in [7, 11) is 4.23. The first-order valence-electron chi connectivity index (χ1n) is 9.98. The normalized spacial score (nSPS) is 18.1. The van der Waals surface area contributed by atoms with Crippen LogP contribution in [0, 0.1) is 0 Å². The Kier molecular flexibility index (Phi) is 6.00. The number of hydrogen-bond donors (Lipinski definition) is 0. The number of carbonyl (C=O) groups excluding carboxylic acids is 2. The van der Waals surface area contributed by atoms with Crippen molar-refractivity contribution in [3.05, 3.63) is 35.5 Å². The molecular weight excluding hydrogens is 338 g/mol. The number of amides is 1. The predicted molar refractivity (Wildman–Crippen MR) is 109 cm³/mol. The Morgan fingerprint density at radius 2 is 1.96 bits per heavy atom. The lowest BCUT2D eigenvalue weighted by atomic mass is 10.1. The zero-order chi connectivity index (χ0) is 19.6. The fourth-order valence-electron chi connectivity index (χ4n) is 4.22. The summed E-state index contributed by atoms with van der Waals surface area (Å²) in [5.41, 5.74) is 2.91. The second kappa shape index (κ2) is 8.26. The number of likely N-dealkylation sites (tertiary alicyclic amines) is 1. The third kappa shape index (κ3) is 4.08. The summed E-state index contributed by atoms with van der Waals surface area (Å²) in [6.07, 6.45) is 5.94. The topological polar surface area (TPSA) is 45.6 Å². The van der Waals surface area contributed by atoms with Crippen molar-refractivity contribution in [3.8, 4) is 0 Å². The van der Waals surface area contributed by atoms with Gasteiger partial charge in [0.25, 0.3) is 0 Å². The largest absolute Gasteiger partial charge is 0.341 e. The Morgan fingerprint density at radius 3 is 2.63 bits per heavy atom. The first-order chi connectivity index (χ1) is 12.9. The molecule has 1 aromatic heterocycles. The maximum Gasteiger partial charge on any atom is 0.242 e. The van der Waals surface area contributed by atoms with E-state index in [2.05, 4.69) is 32.0 Å². The summed E-state index contributed by atoms with van der Waals surface area (Å²) in [6, 6.07) is 6.61. The lowest BCUT2D eigenvalue weighted by molar-refractivity contribution is -0.131. The number of ketones is 1. The Labute approximate surface area is 161 Å². The zero-order valence-corrected chi connectivity index (χ0v) is 17.0. The quantitative estimate of drug-likeness (QED) is 0.759. The third-order valence-electron chi connectivity index (χ3n) is 5.83. The van der Waals surface area contributed by atoms with Gasteiger partial charge in [0.05, 0.1) is 5.52 Å². The summed E-state index contributed by atoms with van der Waals surface area (Å²) in [5.74, 6) is 0.190. The molecule has 0 spiro atoms. The van der Waals surface area contributed by atoms with Gasteiger partial charge in [-0.1, -0.05) is 25.1 Å². The smallest absolute Gasteiger partial charge is 0.242 e. The van der Waals surface area contributed by atoms with Crippen LogP contribution in [0.4, 0.5) is 0 Å². The molecule has 146 valence electrons. The van der Waals surface area contributed by atoms with Gasteiger partial charge in [0.15, 0.2) is 5.78 Å². The SMILES string of the molecule is CCc1cccc2c(C(C)=O)cn(CC(=O)N3CCC[C@H](N(C)C)CC3)c12. The van der Waals surface area contributed by atoms with Crippen LogP contribution < -0.4 is 0 Å². The van der Waals surface area contributed by atoms with Gasteiger partial charge < -0.3 is 14.4 Å². The minimum absolute atomic E-state index is 0.0445. The Morgan fingerprint density at radius 1 is 1.19 bits per heavy atom. The summed E-state index contributed by atoms with van der Waals surface area (Å²) >= 11 is 0. The van der Waals surface area contributed by atoms with Gasteiger partial charge in [0.1, 0.15) is 6.54 Å². The fraction of sp³-hybridized carbons (Fsp3) is 0.545. The van der Waals surface area contributed by atoms with Crippen LogP contribution in [0.5, 0.6) is 0 Å². The molecule has 5 nitrogen and oxygen atoms in total. The average Bonchev–Trinajstić information content (AvgIpc) is 2.84. The second-order valence-corrected chi connectivity index (χ2v) is 7.82. The van der Waals surface area contributed by atoms with Crippen LogP contribution in [0.1, 0.15) is 49.0 Å². The van der Waals surface area contributed by atoms with Crippen molar-refractivity contribution in [3.63, 3.8) is 0 Å². The highest BCUT2D eigenvalue weighted by molar-refractivity contribution is 6.07. The molecule has 0 aliphatic carbocycles. The number of benzene rings is 1. The number of rotatable bonds is 5. The van der Waals surface area contributed by atoms with Gasteiger partial charge in [-0.3, -0.25) is 9.59 Å². The van der Waals surface area contributed by atoms with Gasteiger partial charge in [-0.15, -0.1) is 0 Å². The van der Waals surface area contributed by atoms with E-state index in [9.17, 15) is 9.59 Å². The van der Waals surface area contributed by atoms with E-state index in [0.29, 0.717) is 18.2 Å². The van der Waals surface area contributed by atoms with Gasteiger partial charge in [0.2, 0.25) is 5.91 Å². The van der Waals surface area contributed by atoms with Crippen molar-refractivity contribution < 1.29 is 9.59 Å². The van der Waals surface area contributed by atoms with E-state index in [1.807, 2.05) is 27.8 Å². The molecule has 1 aliphatic heterocycles. The van der Waals surface area contributed by atoms with E-state index < -0.39 is 0 Å². The molecule has 0 unspecified atom stereocenters. The minimum atomic E-state index is 0.0445. The van der Waals surface area contributed by atoms with Crippen LogP contribution in [-0.2, 0) is 17.8 Å². The van der Waals surface area contributed by atoms with E-state index in [0.717, 1.165) is 49.7 Å². The predicted octanol–water partition coefficient (Wildman–Crippen LogP) is 3.35. The lowest BCUT2D eigenvalue weighted by Crippen LogP contribution is -2.35. The average molecular weight is 370 g/mol. The van der Waals surface area contributed by atoms with Crippen molar-refractivity contribution in [1.82, 2.24) is 14.4 Å². The van der Waals surface area contributed by atoms with Crippen molar-refractivity contribution >= 4 is 22.6 Å². The van der Waals surface area contributed by atoms with Gasteiger partial charge in [-0.25, -0.2) is 0 Å². The highest BCUT2D eigenvalue weighted by Gasteiger charge is 2.23. The van der Waals surface area contributed by atoms with Gasteiger partial charge in [0, 0.05) is 36.3 Å². The molecule has 5 heteroatoms. The summed E-state index contributed by atoms with van der Waals surface area (Å²) in [5, 5.41) is 0.957. The number of aromatic nitrogens is 1. The van der Waals surface area contributed by atoms with E-state index in [1.54, 1.807) is 6.92 Å². The third-order valence-corrected chi connectivity index (χ3v) is 5.83. The van der Waals surface area contributed by atoms with Crippen molar-refractivity contribution in [2.24, 2.45) is 0 Å². The number of para-hydroxylation sites is 1. The van der Waals surface area contributed by atoms with Crippen LogP contribution in [0.3, 0.4) is 0 Å². The molecule has 1 aliphatic rings. The van der Waals surface area contributed by atoms with E-state index in [-0.39, 0.29) is 11.7 Å². The van der Waals surface area contributed by atoms with Gasteiger partial charge in [-0.05, 0) is 52.3 Å². The van der Waals surface area contributed by atoms with Crippen LogP contribution in [0.15, 0.2) is 24.4 Å². The van der Waals surface area contributed by atoms with E-state index >= 15 is 0 Å². The van der Waals surface area contributed by atoms with Gasteiger partial charge >= 0.3 is 0 Å². The number of fused-ring (bicyclic) bond motifs is 1. The maximum atomic E-state index is 13.0. The van der Waals surface area contributed by atoms with Crippen LogP contribution in [0.25, 0.3) is 10.9 Å².